The molecule has 0 bridgehead atoms. The second kappa shape index (κ2) is 6.71. The minimum absolute atomic E-state index is 0.489. The predicted molar refractivity (Wildman–Crippen MR) is 99.5 cm³/mol. The van der Waals surface area contributed by atoms with Crippen LogP contribution in [0.4, 0.5) is 5.82 Å². The molecule has 0 radical (unpaired) electrons. The van der Waals surface area contributed by atoms with E-state index in [0.29, 0.717) is 30.9 Å². The van der Waals surface area contributed by atoms with Crippen molar-refractivity contribution in [1.82, 2.24) is 29.8 Å². The van der Waals surface area contributed by atoms with Gasteiger partial charge in [-0.1, -0.05) is 6.07 Å². The number of rotatable bonds is 7. The Bertz CT molecular complexity index is 1030. The molecule has 0 aliphatic heterocycles. The van der Waals surface area contributed by atoms with Crippen molar-refractivity contribution in [1.29, 1.82) is 0 Å². The van der Waals surface area contributed by atoms with Crippen molar-refractivity contribution < 1.29 is 4.74 Å². The minimum atomic E-state index is 0.489. The fourth-order valence-electron chi connectivity index (χ4n) is 3.24. The van der Waals surface area contributed by atoms with Crippen molar-refractivity contribution in [2.45, 2.75) is 18.9 Å². The summed E-state index contributed by atoms with van der Waals surface area (Å²) < 4.78 is 7.76. The lowest BCUT2D eigenvalue weighted by Gasteiger charge is -2.11. The van der Waals surface area contributed by atoms with Crippen LogP contribution in [0.2, 0.25) is 0 Å². The number of hydrogen-bond donors (Lipinski definition) is 2. The Hall–Kier alpha value is -3.42. The summed E-state index contributed by atoms with van der Waals surface area (Å²) in [6.45, 7) is 1.28. The maximum absolute atomic E-state index is 6.00. The summed E-state index contributed by atoms with van der Waals surface area (Å²) in [5.41, 5.74) is 2.96. The molecule has 136 valence electrons. The highest BCUT2D eigenvalue weighted by Gasteiger charge is 2.39. The van der Waals surface area contributed by atoms with Gasteiger partial charge in [0.25, 0.3) is 0 Å². The summed E-state index contributed by atoms with van der Waals surface area (Å²) in [5.74, 6) is 2.41. The van der Waals surface area contributed by atoms with Gasteiger partial charge in [-0.2, -0.15) is 19.7 Å². The molecule has 0 unspecified atom stereocenters. The van der Waals surface area contributed by atoms with Crippen molar-refractivity contribution in [3.05, 3.63) is 66.4 Å². The highest BCUT2D eigenvalue weighted by molar-refractivity contribution is 5.51. The average Bonchev–Trinajstić information content (AvgIpc) is 3.07. The van der Waals surface area contributed by atoms with E-state index < -0.39 is 0 Å². The molecule has 1 saturated carbocycles. The summed E-state index contributed by atoms with van der Waals surface area (Å²) in [6.07, 6.45) is 8.33. The highest BCUT2D eigenvalue weighted by Crippen LogP contribution is 2.46. The van der Waals surface area contributed by atoms with Crippen LogP contribution in [0.1, 0.15) is 23.6 Å². The fraction of sp³-hybridized carbons (Fsp3) is 0.263. The Morgan fingerprint density at radius 3 is 3.11 bits per heavy atom. The van der Waals surface area contributed by atoms with Crippen LogP contribution >= 0.6 is 0 Å². The van der Waals surface area contributed by atoms with Crippen LogP contribution in [-0.4, -0.2) is 36.4 Å². The van der Waals surface area contributed by atoms with Gasteiger partial charge in [0.05, 0.1) is 19.0 Å². The first-order valence-electron chi connectivity index (χ1n) is 8.97. The predicted octanol–water partition coefficient (Wildman–Crippen LogP) is 2.64. The Morgan fingerprint density at radius 1 is 1.26 bits per heavy atom. The zero-order valence-corrected chi connectivity index (χ0v) is 14.6. The van der Waals surface area contributed by atoms with Crippen molar-refractivity contribution in [2.75, 3.05) is 11.9 Å². The molecule has 1 fully saturated rings. The smallest absolute Gasteiger partial charge is 0.219 e. The fourth-order valence-corrected chi connectivity index (χ4v) is 3.24. The van der Waals surface area contributed by atoms with Gasteiger partial charge in [-0.25, -0.2) is 0 Å². The van der Waals surface area contributed by atoms with E-state index in [9.17, 15) is 0 Å². The molecule has 4 aromatic heterocycles. The van der Waals surface area contributed by atoms with Crippen molar-refractivity contribution in [2.24, 2.45) is 5.92 Å². The summed E-state index contributed by atoms with van der Waals surface area (Å²) in [6, 6.07) is 9.81. The standard InChI is InChI=1S/C19H19N7O/c1-2-5-20-16(3-1)15-7-14(15)12-27-19-8-18(21-9-13-10-22-23-11-13)26-17(25-19)4-6-24-26/h1-6,8,10-11,14-15,21H,7,9,12H2,(H,22,23)/t14-,15+/m1/s1. The van der Waals surface area contributed by atoms with Crippen LogP contribution in [0.3, 0.4) is 0 Å². The largest absolute Gasteiger partial charge is 0.477 e. The molecule has 4 heterocycles. The van der Waals surface area contributed by atoms with E-state index in [1.807, 2.05) is 36.7 Å². The Kier molecular flexibility index (Phi) is 3.93. The number of H-pyrrole nitrogens is 1. The van der Waals surface area contributed by atoms with Crippen molar-refractivity contribution >= 4 is 11.5 Å². The lowest BCUT2D eigenvalue weighted by molar-refractivity contribution is 0.286. The first-order chi connectivity index (χ1) is 13.4. The molecule has 4 aromatic rings. The number of aromatic amines is 1. The molecule has 5 rings (SSSR count). The van der Waals surface area contributed by atoms with E-state index in [4.69, 9.17) is 4.74 Å². The minimum Gasteiger partial charge on any atom is -0.477 e. The molecule has 2 N–H and O–H groups in total. The number of nitrogens with zero attached hydrogens (tertiary/aromatic N) is 5. The topological polar surface area (TPSA) is 93.0 Å². The molecule has 0 amide bonds. The molecule has 2 atom stereocenters. The van der Waals surface area contributed by atoms with Gasteiger partial charge in [0.2, 0.25) is 5.88 Å². The summed E-state index contributed by atoms with van der Waals surface area (Å²) in [5, 5.41) is 14.5. The number of pyridine rings is 1. The van der Waals surface area contributed by atoms with E-state index in [-0.39, 0.29) is 0 Å². The van der Waals surface area contributed by atoms with E-state index in [1.54, 1.807) is 16.9 Å². The molecule has 0 aromatic carbocycles. The lowest BCUT2D eigenvalue weighted by atomic mass is 10.2. The van der Waals surface area contributed by atoms with Gasteiger partial charge in [-0.15, -0.1) is 0 Å². The monoisotopic (exact) mass is 361 g/mol. The second-order valence-corrected chi connectivity index (χ2v) is 6.71. The number of aromatic nitrogens is 6. The van der Waals surface area contributed by atoms with Gasteiger partial charge in [0.15, 0.2) is 5.65 Å². The molecule has 0 spiro atoms. The SMILES string of the molecule is c1ccc([C@H]2C[C@@H]2COc2cc(NCc3cn[nH]c3)n3nccc3n2)nc1. The zero-order chi connectivity index (χ0) is 18.1. The molecule has 1 aliphatic carbocycles. The first kappa shape index (κ1) is 15.8. The van der Waals surface area contributed by atoms with Gasteiger partial charge in [0, 0.05) is 54.2 Å². The van der Waals surface area contributed by atoms with E-state index in [1.165, 1.54) is 0 Å². The van der Waals surface area contributed by atoms with Crippen LogP contribution in [0, 0.1) is 5.92 Å². The summed E-state index contributed by atoms with van der Waals surface area (Å²) in [7, 11) is 0. The summed E-state index contributed by atoms with van der Waals surface area (Å²) in [4.78, 5) is 8.98. The third-order valence-electron chi connectivity index (χ3n) is 4.80. The molecular formula is C19H19N7O. The molecular weight excluding hydrogens is 342 g/mol. The first-order valence-corrected chi connectivity index (χ1v) is 8.97. The maximum Gasteiger partial charge on any atom is 0.219 e. The quantitative estimate of drug-likeness (QED) is 0.526. The Balaban J connectivity index is 1.28. The Morgan fingerprint density at radius 2 is 2.26 bits per heavy atom. The van der Waals surface area contributed by atoms with Crippen LogP contribution in [0.5, 0.6) is 5.88 Å². The van der Waals surface area contributed by atoms with Crippen LogP contribution in [0.25, 0.3) is 5.65 Å². The third kappa shape index (κ3) is 3.33. The van der Waals surface area contributed by atoms with Crippen LogP contribution < -0.4 is 10.1 Å². The van der Waals surface area contributed by atoms with E-state index in [2.05, 4.69) is 36.6 Å². The second-order valence-electron chi connectivity index (χ2n) is 6.71. The zero-order valence-electron chi connectivity index (χ0n) is 14.6. The van der Waals surface area contributed by atoms with E-state index in [0.717, 1.165) is 29.1 Å². The van der Waals surface area contributed by atoms with Gasteiger partial charge in [-0.05, 0) is 18.6 Å². The van der Waals surface area contributed by atoms with Crippen LogP contribution in [-0.2, 0) is 6.54 Å². The maximum atomic E-state index is 6.00. The number of hydrogen-bond acceptors (Lipinski definition) is 6. The number of anilines is 1. The van der Waals surface area contributed by atoms with Crippen LogP contribution in [0.15, 0.2) is 55.1 Å². The highest BCUT2D eigenvalue weighted by atomic mass is 16.5. The molecule has 27 heavy (non-hydrogen) atoms. The number of fused-ring (bicyclic) bond motifs is 1. The molecule has 8 nitrogen and oxygen atoms in total. The van der Waals surface area contributed by atoms with E-state index >= 15 is 0 Å². The number of ether oxygens (including phenoxy) is 1. The lowest BCUT2D eigenvalue weighted by Crippen LogP contribution is -2.08. The summed E-state index contributed by atoms with van der Waals surface area (Å²) >= 11 is 0. The molecule has 8 heteroatoms. The average molecular weight is 361 g/mol. The third-order valence-corrected chi connectivity index (χ3v) is 4.80. The van der Waals surface area contributed by atoms with Crippen molar-refractivity contribution in [3.8, 4) is 5.88 Å². The molecule has 0 saturated heterocycles. The molecule has 1 aliphatic rings. The van der Waals surface area contributed by atoms with Gasteiger partial charge >= 0.3 is 0 Å². The van der Waals surface area contributed by atoms with Gasteiger partial charge in [0.1, 0.15) is 5.82 Å². The van der Waals surface area contributed by atoms with Crippen molar-refractivity contribution in [3.63, 3.8) is 0 Å². The normalized spacial score (nSPS) is 18.5. The van der Waals surface area contributed by atoms with Gasteiger partial charge < -0.3 is 10.1 Å². The van der Waals surface area contributed by atoms with Gasteiger partial charge in [-0.3, -0.25) is 10.1 Å². The number of nitrogens with one attached hydrogen (secondary N) is 2. The Labute approximate surface area is 155 Å².